The third-order valence-corrected chi connectivity index (χ3v) is 4.07. The highest BCUT2D eigenvalue weighted by atomic mass is 14.7. The smallest absolute Gasteiger partial charge is 0.0103 e. The van der Waals surface area contributed by atoms with E-state index in [4.69, 9.17) is 5.73 Å². The number of hydrogen-bond acceptors (Lipinski definition) is 1. The summed E-state index contributed by atoms with van der Waals surface area (Å²) in [6, 6.07) is 0. The van der Waals surface area contributed by atoms with Crippen LogP contribution in [0.2, 0.25) is 0 Å². The van der Waals surface area contributed by atoms with E-state index in [-0.39, 0.29) is 5.54 Å². The topological polar surface area (TPSA) is 26.0 Å². The summed E-state index contributed by atoms with van der Waals surface area (Å²) >= 11 is 0. The van der Waals surface area contributed by atoms with Crippen molar-refractivity contribution in [2.75, 3.05) is 0 Å². The second kappa shape index (κ2) is 5.61. The van der Waals surface area contributed by atoms with Crippen LogP contribution in [0.1, 0.15) is 60.8 Å². The van der Waals surface area contributed by atoms with Crippen LogP contribution in [0.25, 0.3) is 0 Å². The van der Waals surface area contributed by atoms with Crippen LogP contribution in [0.3, 0.4) is 0 Å². The van der Waals surface area contributed by atoms with Crippen LogP contribution in [0.5, 0.6) is 0 Å². The molecule has 0 aromatic rings. The standard InChI is InChI=1S/C17H31N/c1-13(12-17(5,6)18)9-10-15-14(2)8-7-11-16(15,3)4/h8-10,13,15H,7,11-12,18H2,1-6H3. The molecule has 2 N–H and O–H groups in total. The van der Waals surface area contributed by atoms with Crippen molar-refractivity contribution in [1.29, 1.82) is 0 Å². The van der Waals surface area contributed by atoms with Crippen LogP contribution in [-0.4, -0.2) is 5.54 Å². The van der Waals surface area contributed by atoms with Crippen molar-refractivity contribution in [2.24, 2.45) is 23.0 Å². The molecule has 2 atom stereocenters. The minimum Gasteiger partial charge on any atom is -0.326 e. The van der Waals surface area contributed by atoms with Gasteiger partial charge in [-0.15, -0.1) is 0 Å². The highest BCUT2D eigenvalue weighted by molar-refractivity contribution is 5.19. The maximum absolute atomic E-state index is 6.08. The fourth-order valence-corrected chi connectivity index (χ4v) is 3.18. The van der Waals surface area contributed by atoms with Gasteiger partial charge in [0.2, 0.25) is 0 Å². The molecule has 0 aliphatic heterocycles. The summed E-state index contributed by atoms with van der Waals surface area (Å²) in [6.07, 6.45) is 10.7. The number of rotatable bonds is 4. The number of hydrogen-bond donors (Lipinski definition) is 1. The van der Waals surface area contributed by atoms with Gasteiger partial charge >= 0.3 is 0 Å². The predicted molar refractivity (Wildman–Crippen MR) is 81.4 cm³/mol. The lowest BCUT2D eigenvalue weighted by Gasteiger charge is -2.37. The highest BCUT2D eigenvalue weighted by Gasteiger charge is 2.30. The van der Waals surface area contributed by atoms with Crippen LogP contribution in [-0.2, 0) is 0 Å². The van der Waals surface area contributed by atoms with Crippen molar-refractivity contribution in [2.45, 2.75) is 66.3 Å². The Kier molecular flexibility index (Phi) is 4.83. The molecule has 0 aromatic heterocycles. The van der Waals surface area contributed by atoms with Crippen molar-refractivity contribution in [3.05, 3.63) is 23.8 Å². The van der Waals surface area contributed by atoms with Gasteiger partial charge < -0.3 is 5.73 Å². The van der Waals surface area contributed by atoms with Gasteiger partial charge in [-0.2, -0.15) is 0 Å². The molecule has 0 bridgehead atoms. The molecular weight excluding hydrogens is 218 g/mol. The number of nitrogens with two attached hydrogens (primary N) is 1. The minimum atomic E-state index is -0.0727. The zero-order chi connectivity index (χ0) is 14.0. The van der Waals surface area contributed by atoms with E-state index in [1.54, 1.807) is 0 Å². The fraction of sp³-hybridized carbons (Fsp3) is 0.765. The monoisotopic (exact) mass is 249 g/mol. The van der Waals surface area contributed by atoms with E-state index in [0.29, 0.717) is 17.3 Å². The van der Waals surface area contributed by atoms with Crippen LogP contribution in [0, 0.1) is 17.3 Å². The Balaban J connectivity index is 2.70. The molecule has 104 valence electrons. The Morgan fingerprint density at radius 2 is 2.11 bits per heavy atom. The zero-order valence-corrected chi connectivity index (χ0v) is 13.1. The summed E-state index contributed by atoms with van der Waals surface area (Å²) in [5, 5.41) is 0. The van der Waals surface area contributed by atoms with Gasteiger partial charge in [-0.3, -0.25) is 0 Å². The molecule has 0 spiro atoms. The summed E-state index contributed by atoms with van der Waals surface area (Å²) < 4.78 is 0. The zero-order valence-electron chi connectivity index (χ0n) is 13.1. The van der Waals surface area contributed by atoms with Crippen LogP contribution in [0.15, 0.2) is 23.8 Å². The number of allylic oxidation sites excluding steroid dienone is 4. The van der Waals surface area contributed by atoms with Crippen LogP contribution >= 0.6 is 0 Å². The lowest BCUT2D eigenvalue weighted by molar-refractivity contribution is 0.254. The molecule has 1 heteroatoms. The van der Waals surface area contributed by atoms with Gasteiger partial charge in [-0.05, 0) is 51.4 Å². The molecule has 0 amide bonds. The van der Waals surface area contributed by atoms with E-state index >= 15 is 0 Å². The summed E-state index contributed by atoms with van der Waals surface area (Å²) in [5.41, 5.74) is 7.93. The highest BCUT2D eigenvalue weighted by Crippen LogP contribution is 2.41. The molecule has 0 saturated heterocycles. The Morgan fingerprint density at radius 1 is 1.50 bits per heavy atom. The first-order valence-electron chi connectivity index (χ1n) is 7.26. The molecular formula is C17H31N. The van der Waals surface area contributed by atoms with E-state index in [1.165, 1.54) is 18.4 Å². The maximum Gasteiger partial charge on any atom is 0.0103 e. The lowest BCUT2D eigenvalue weighted by atomic mass is 9.68. The second-order valence-electron chi connectivity index (χ2n) is 7.51. The SMILES string of the molecule is CC1=CCCC(C)(C)C1C=CC(C)CC(C)(C)N. The van der Waals surface area contributed by atoms with E-state index in [9.17, 15) is 0 Å². The molecule has 1 aliphatic rings. The summed E-state index contributed by atoms with van der Waals surface area (Å²) in [5.74, 6) is 1.14. The molecule has 18 heavy (non-hydrogen) atoms. The Morgan fingerprint density at radius 3 is 2.61 bits per heavy atom. The van der Waals surface area contributed by atoms with Crippen LogP contribution in [0.4, 0.5) is 0 Å². The first-order chi connectivity index (χ1) is 8.12. The molecule has 0 heterocycles. The van der Waals surface area contributed by atoms with Crippen molar-refractivity contribution < 1.29 is 0 Å². The first-order valence-corrected chi connectivity index (χ1v) is 7.26. The first kappa shape index (κ1) is 15.5. The van der Waals surface area contributed by atoms with Gasteiger partial charge in [0, 0.05) is 11.5 Å². The van der Waals surface area contributed by atoms with Gasteiger partial charge in [0.25, 0.3) is 0 Å². The normalized spacial score (nSPS) is 26.2. The quantitative estimate of drug-likeness (QED) is 0.719. The van der Waals surface area contributed by atoms with Crippen molar-refractivity contribution >= 4 is 0 Å². The minimum absolute atomic E-state index is 0.0727. The third kappa shape index (κ3) is 4.61. The second-order valence-corrected chi connectivity index (χ2v) is 7.51. The summed E-state index contributed by atoms with van der Waals surface area (Å²) in [7, 11) is 0. The lowest BCUT2D eigenvalue weighted by Crippen LogP contribution is -2.33. The Hall–Kier alpha value is -0.560. The maximum atomic E-state index is 6.08. The molecule has 1 nitrogen and oxygen atoms in total. The molecule has 1 rings (SSSR count). The van der Waals surface area contributed by atoms with E-state index < -0.39 is 0 Å². The van der Waals surface area contributed by atoms with Crippen LogP contribution < -0.4 is 5.73 Å². The van der Waals surface area contributed by atoms with Gasteiger partial charge in [0.05, 0.1) is 0 Å². The average Bonchev–Trinajstić information content (AvgIpc) is 2.12. The predicted octanol–water partition coefficient (Wildman–Crippen LogP) is 4.69. The van der Waals surface area contributed by atoms with Crippen molar-refractivity contribution in [3.8, 4) is 0 Å². The summed E-state index contributed by atoms with van der Waals surface area (Å²) in [4.78, 5) is 0. The molecule has 1 aliphatic carbocycles. The molecule has 0 aromatic carbocycles. The molecule has 2 unspecified atom stereocenters. The Bertz CT molecular complexity index is 328. The molecule has 0 fully saturated rings. The largest absolute Gasteiger partial charge is 0.326 e. The summed E-state index contributed by atoms with van der Waals surface area (Å²) in [6.45, 7) is 13.5. The van der Waals surface area contributed by atoms with Gasteiger partial charge in [-0.25, -0.2) is 0 Å². The van der Waals surface area contributed by atoms with Gasteiger partial charge in [0.1, 0.15) is 0 Å². The van der Waals surface area contributed by atoms with Crippen molar-refractivity contribution in [1.82, 2.24) is 0 Å². The van der Waals surface area contributed by atoms with Gasteiger partial charge in [-0.1, -0.05) is 44.6 Å². The fourth-order valence-electron chi connectivity index (χ4n) is 3.18. The molecule has 0 radical (unpaired) electrons. The van der Waals surface area contributed by atoms with E-state index in [1.807, 2.05) is 0 Å². The third-order valence-electron chi connectivity index (χ3n) is 4.07. The van der Waals surface area contributed by atoms with Gasteiger partial charge in [0.15, 0.2) is 0 Å². The van der Waals surface area contributed by atoms with Crippen molar-refractivity contribution in [3.63, 3.8) is 0 Å². The Labute approximate surface area is 114 Å². The average molecular weight is 249 g/mol. The van der Waals surface area contributed by atoms with E-state index in [2.05, 4.69) is 59.8 Å². The van der Waals surface area contributed by atoms with E-state index in [0.717, 1.165) is 6.42 Å². The molecule has 0 saturated carbocycles.